The second-order valence-electron chi connectivity index (χ2n) is 6.38. The Balaban J connectivity index is 1.59. The van der Waals surface area contributed by atoms with Gasteiger partial charge in [-0.25, -0.2) is 4.79 Å². The van der Waals surface area contributed by atoms with Gasteiger partial charge >= 0.3 is 5.82 Å². The fourth-order valence-corrected chi connectivity index (χ4v) is 3.52. The van der Waals surface area contributed by atoms with E-state index in [1.165, 1.54) is 19.3 Å². The Hall–Kier alpha value is -1.85. The lowest BCUT2D eigenvalue weighted by molar-refractivity contribution is -0.0509. The second kappa shape index (κ2) is 6.34. The van der Waals surface area contributed by atoms with Crippen molar-refractivity contribution in [3.8, 4) is 11.3 Å². The summed E-state index contributed by atoms with van der Waals surface area (Å²) in [6.07, 6.45) is 3.85. The van der Waals surface area contributed by atoms with Crippen LogP contribution in [0.1, 0.15) is 25.0 Å². The molecule has 0 spiro atoms. The van der Waals surface area contributed by atoms with Gasteiger partial charge < -0.3 is 13.6 Å². The summed E-state index contributed by atoms with van der Waals surface area (Å²) in [6.45, 7) is 2.96. The Morgan fingerprint density at radius 1 is 1.13 bits per heavy atom. The minimum absolute atomic E-state index is 0.418. The van der Waals surface area contributed by atoms with Gasteiger partial charge in [0, 0.05) is 18.2 Å². The van der Waals surface area contributed by atoms with Gasteiger partial charge in [0.2, 0.25) is 0 Å². The summed E-state index contributed by atoms with van der Waals surface area (Å²) in [5.41, 5.74) is 0.877. The maximum atomic E-state index is 11.6. The average molecular weight is 315 g/mol. The molecule has 5 heteroatoms. The lowest BCUT2D eigenvalue weighted by atomic mass is 9.79. The molecule has 122 valence electrons. The summed E-state index contributed by atoms with van der Waals surface area (Å²) >= 11 is 0. The molecule has 2 aromatic rings. The minimum Gasteiger partial charge on any atom is -0.394 e. The first kappa shape index (κ1) is 14.7. The first-order valence-electron chi connectivity index (χ1n) is 8.31. The number of hydrogen-bond acceptors (Lipinski definition) is 5. The van der Waals surface area contributed by atoms with Gasteiger partial charge in [0.25, 0.3) is 0 Å². The third kappa shape index (κ3) is 2.99. The first-order valence-corrected chi connectivity index (χ1v) is 8.31. The monoisotopic (exact) mass is 315 g/mol. The molecule has 1 saturated heterocycles. The molecular formula is C18H21NO4. The van der Waals surface area contributed by atoms with Crippen molar-refractivity contribution in [2.45, 2.75) is 31.8 Å². The Morgan fingerprint density at radius 2 is 1.96 bits per heavy atom. The third-order valence-corrected chi connectivity index (χ3v) is 5.00. The van der Waals surface area contributed by atoms with Crippen molar-refractivity contribution in [3.05, 3.63) is 46.7 Å². The predicted molar refractivity (Wildman–Crippen MR) is 85.0 cm³/mol. The number of rotatable bonds is 4. The van der Waals surface area contributed by atoms with Crippen molar-refractivity contribution < 1.29 is 13.6 Å². The third-order valence-electron chi connectivity index (χ3n) is 5.00. The molecular weight excluding hydrogens is 294 g/mol. The quantitative estimate of drug-likeness (QED) is 0.868. The van der Waals surface area contributed by atoms with E-state index in [4.69, 9.17) is 13.6 Å². The van der Waals surface area contributed by atoms with Crippen LogP contribution in [0.3, 0.4) is 0 Å². The molecule has 23 heavy (non-hydrogen) atoms. The van der Waals surface area contributed by atoms with Gasteiger partial charge in [0.15, 0.2) is 11.5 Å². The molecule has 1 aromatic heterocycles. The Bertz CT molecular complexity index is 701. The fraction of sp³-hybridized carbons (Fsp3) is 0.500. The molecule has 0 bridgehead atoms. The van der Waals surface area contributed by atoms with Gasteiger partial charge in [-0.15, -0.1) is 0 Å². The highest BCUT2D eigenvalue weighted by molar-refractivity contribution is 5.58. The van der Waals surface area contributed by atoms with E-state index in [2.05, 4.69) is 4.90 Å². The molecule has 1 saturated carbocycles. The number of ether oxygens (including phenoxy) is 1. The van der Waals surface area contributed by atoms with Crippen LogP contribution in [0.25, 0.3) is 11.3 Å². The lowest BCUT2D eigenvalue weighted by Crippen LogP contribution is -2.50. The molecule has 0 radical (unpaired) electrons. The van der Waals surface area contributed by atoms with Gasteiger partial charge in [-0.2, -0.15) is 0 Å². The van der Waals surface area contributed by atoms with Gasteiger partial charge in [-0.1, -0.05) is 36.8 Å². The maximum Gasteiger partial charge on any atom is 0.519 e. The summed E-state index contributed by atoms with van der Waals surface area (Å²) in [4.78, 5) is 14.0. The Kier molecular flexibility index (Phi) is 4.06. The van der Waals surface area contributed by atoms with Crippen LogP contribution in [0.15, 0.2) is 44.0 Å². The zero-order valence-corrected chi connectivity index (χ0v) is 13.1. The van der Waals surface area contributed by atoms with E-state index in [-0.39, 0.29) is 0 Å². The van der Waals surface area contributed by atoms with E-state index in [1.54, 1.807) is 0 Å². The molecule has 0 amide bonds. The maximum absolute atomic E-state index is 11.6. The zero-order chi connectivity index (χ0) is 15.6. The van der Waals surface area contributed by atoms with Crippen LogP contribution in [-0.4, -0.2) is 30.7 Å². The van der Waals surface area contributed by atoms with Crippen LogP contribution in [0.4, 0.5) is 0 Å². The lowest BCUT2D eigenvalue weighted by Gasteiger charge is -2.43. The molecule has 2 heterocycles. The normalized spacial score (nSPS) is 22.9. The minimum atomic E-state index is -0.632. The van der Waals surface area contributed by atoms with Crippen LogP contribution >= 0.6 is 0 Å². The van der Waals surface area contributed by atoms with Gasteiger partial charge in [-0.3, -0.25) is 4.90 Å². The van der Waals surface area contributed by atoms with Crippen molar-refractivity contribution in [3.63, 3.8) is 0 Å². The van der Waals surface area contributed by atoms with Gasteiger partial charge in [0.05, 0.1) is 19.8 Å². The molecule has 2 fully saturated rings. The fourth-order valence-electron chi connectivity index (χ4n) is 3.52. The molecule has 0 N–H and O–H groups in total. The van der Waals surface area contributed by atoms with Crippen LogP contribution in [0, 0.1) is 5.92 Å². The van der Waals surface area contributed by atoms with Gasteiger partial charge in [-0.05, 0) is 18.8 Å². The summed E-state index contributed by atoms with van der Waals surface area (Å²) in [5, 5.41) is 0. The van der Waals surface area contributed by atoms with Crippen molar-refractivity contribution in [1.29, 1.82) is 0 Å². The standard InChI is InChI=1S/C18H21NO4/c20-18-22-16(17(23-18)14-5-2-1-3-6-14)11-19-9-10-21-12-15(19)13-7-4-8-13/h1-3,5-6,13,15H,4,7-12H2/t15-/m0/s1. The van der Waals surface area contributed by atoms with Crippen LogP contribution < -0.4 is 5.82 Å². The zero-order valence-electron chi connectivity index (χ0n) is 13.1. The SMILES string of the molecule is O=c1oc(CN2CCOC[C@H]2C2CCC2)c(-c2ccccc2)o1. The molecule has 5 nitrogen and oxygen atoms in total. The molecule has 4 rings (SSSR count). The average Bonchev–Trinajstić information content (AvgIpc) is 2.89. The molecule has 1 atom stereocenters. The topological polar surface area (TPSA) is 55.8 Å². The van der Waals surface area contributed by atoms with Crippen molar-refractivity contribution in [2.75, 3.05) is 19.8 Å². The largest absolute Gasteiger partial charge is 0.519 e. The van der Waals surface area contributed by atoms with E-state index in [1.807, 2.05) is 30.3 Å². The van der Waals surface area contributed by atoms with Gasteiger partial charge in [0.1, 0.15) is 0 Å². The number of hydrogen-bond donors (Lipinski definition) is 0. The molecule has 1 aromatic carbocycles. The van der Waals surface area contributed by atoms with Crippen molar-refractivity contribution in [2.24, 2.45) is 5.92 Å². The summed E-state index contributed by atoms with van der Waals surface area (Å²) < 4.78 is 16.3. The smallest absolute Gasteiger partial charge is 0.394 e. The highest BCUT2D eigenvalue weighted by Gasteiger charge is 2.35. The van der Waals surface area contributed by atoms with E-state index in [9.17, 15) is 4.79 Å². The summed E-state index contributed by atoms with van der Waals surface area (Å²) in [7, 11) is 0. The molecule has 1 aliphatic carbocycles. The van der Waals surface area contributed by atoms with E-state index in [0.29, 0.717) is 30.0 Å². The summed E-state index contributed by atoms with van der Waals surface area (Å²) in [6, 6.07) is 10.1. The highest BCUT2D eigenvalue weighted by atomic mass is 16.6. The molecule has 1 aliphatic heterocycles. The predicted octanol–water partition coefficient (Wildman–Crippen LogP) is 2.90. The summed E-state index contributed by atoms with van der Waals surface area (Å²) in [5.74, 6) is 1.24. The Labute approximate surface area is 134 Å². The number of morpholine rings is 1. The van der Waals surface area contributed by atoms with Crippen LogP contribution in [0.5, 0.6) is 0 Å². The van der Waals surface area contributed by atoms with Crippen molar-refractivity contribution >= 4 is 0 Å². The molecule has 0 unspecified atom stereocenters. The van der Waals surface area contributed by atoms with E-state index in [0.717, 1.165) is 25.3 Å². The molecule has 2 aliphatic rings. The highest BCUT2D eigenvalue weighted by Crippen LogP contribution is 2.35. The van der Waals surface area contributed by atoms with Crippen molar-refractivity contribution in [1.82, 2.24) is 4.90 Å². The Morgan fingerprint density at radius 3 is 2.70 bits per heavy atom. The number of nitrogens with zero attached hydrogens (tertiary/aromatic N) is 1. The number of benzene rings is 1. The van der Waals surface area contributed by atoms with E-state index >= 15 is 0 Å². The first-order chi connectivity index (χ1) is 11.3. The van der Waals surface area contributed by atoms with Crippen LogP contribution in [0.2, 0.25) is 0 Å². The second-order valence-corrected chi connectivity index (χ2v) is 6.38. The van der Waals surface area contributed by atoms with E-state index < -0.39 is 5.82 Å². The van der Waals surface area contributed by atoms with Crippen LogP contribution in [-0.2, 0) is 11.3 Å².